The Morgan fingerprint density at radius 1 is 1.44 bits per heavy atom. The molecule has 9 heteroatoms. The van der Waals surface area contributed by atoms with E-state index in [0.29, 0.717) is 0 Å². The van der Waals surface area contributed by atoms with Crippen molar-refractivity contribution in [1.29, 1.82) is 0 Å². The molecule has 0 aliphatic rings. The first-order chi connectivity index (χ1) is 7.46. The third-order valence-corrected chi connectivity index (χ3v) is 2.60. The summed E-state index contributed by atoms with van der Waals surface area (Å²) in [6.45, 7) is 1.77. The molecule has 0 aliphatic carbocycles. The molecule has 0 saturated heterocycles. The zero-order valence-electron chi connectivity index (χ0n) is 8.34. The minimum Gasteiger partial charge on any atom is -0.476 e. The fourth-order valence-electron chi connectivity index (χ4n) is 0.923. The van der Waals surface area contributed by atoms with Crippen LogP contribution in [0.15, 0.2) is 12.4 Å². The van der Waals surface area contributed by atoms with Crippen molar-refractivity contribution in [3.63, 3.8) is 0 Å². The van der Waals surface area contributed by atoms with Crippen molar-refractivity contribution in [2.75, 3.05) is 11.3 Å². The summed E-state index contributed by atoms with van der Waals surface area (Å²) in [5.74, 6) is -1.68. The van der Waals surface area contributed by atoms with E-state index in [2.05, 4.69) is 14.7 Å². The van der Waals surface area contributed by atoms with Gasteiger partial charge in [0.15, 0.2) is 11.5 Å². The molecule has 0 fully saturated rings. The summed E-state index contributed by atoms with van der Waals surface area (Å²) in [4.78, 5) is 17.8. The van der Waals surface area contributed by atoms with Gasteiger partial charge in [-0.25, -0.2) is 14.8 Å². The fraction of sp³-hybridized carbons (Fsp3) is 0.286. The molecule has 1 aromatic rings. The maximum Gasteiger partial charge on any atom is 0.358 e. The number of aromatic nitrogens is 2. The molecule has 0 amide bonds. The van der Waals surface area contributed by atoms with Gasteiger partial charge in [0.25, 0.3) is 10.2 Å². The maximum atomic E-state index is 11.3. The Kier molecular flexibility index (Phi) is 3.74. The van der Waals surface area contributed by atoms with E-state index in [9.17, 15) is 13.2 Å². The van der Waals surface area contributed by atoms with Crippen LogP contribution in [0.5, 0.6) is 0 Å². The van der Waals surface area contributed by atoms with Gasteiger partial charge in [-0.1, -0.05) is 6.92 Å². The Bertz CT molecular complexity index is 487. The topological polar surface area (TPSA) is 121 Å². The lowest BCUT2D eigenvalue weighted by Crippen LogP contribution is -2.31. The van der Waals surface area contributed by atoms with Gasteiger partial charge >= 0.3 is 5.97 Å². The Morgan fingerprint density at radius 2 is 2.06 bits per heavy atom. The highest BCUT2D eigenvalue weighted by Crippen LogP contribution is 2.09. The van der Waals surface area contributed by atoms with Crippen molar-refractivity contribution in [3.05, 3.63) is 18.1 Å². The third-order valence-electron chi connectivity index (χ3n) is 1.47. The molecule has 1 aromatic heterocycles. The molecule has 0 unspecified atom stereocenters. The van der Waals surface area contributed by atoms with E-state index >= 15 is 0 Å². The number of anilines is 1. The Labute approximate surface area is 91.9 Å². The molecule has 0 radical (unpaired) electrons. The van der Waals surface area contributed by atoms with Crippen LogP contribution in [0.3, 0.4) is 0 Å². The standard InChI is InChI=1S/C7H10N4O4S/c1-2-10-16(14,15)11-6-5(7(12)13)8-3-4-9-6/h3-4,10H,2H2,1H3,(H,9,11)(H,12,13). The van der Waals surface area contributed by atoms with Crippen LogP contribution in [0.1, 0.15) is 17.4 Å². The summed E-state index contributed by atoms with van der Waals surface area (Å²) in [5, 5.41) is 8.73. The van der Waals surface area contributed by atoms with Gasteiger partial charge in [0.05, 0.1) is 0 Å². The van der Waals surface area contributed by atoms with Crippen LogP contribution in [0.4, 0.5) is 5.82 Å². The lowest BCUT2D eigenvalue weighted by atomic mass is 10.4. The average molecular weight is 246 g/mol. The summed E-state index contributed by atoms with van der Waals surface area (Å²) in [5.41, 5.74) is -0.455. The first kappa shape index (κ1) is 12.3. The number of nitrogens with one attached hydrogen (secondary N) is 2. The van der Waals surface area contributed by atoms with Crippen molar-refractivity contribution in [2.45, 2.75) is 6.92 Å². The number of hydrogen-bond donors (Lipinski definition) is 3. The fourth-order valence-corrected chi connectivity index (χ4v) is 1.78. The second kappa shape index (κ2) is 4.86. The smallest absolute Gasteiger partial charge is 0.358 e. The number of rotatable bonds is 5. The van der Waals surface area contributed by atoms with Crippen molar-refractivity contribution >= 4 is 22.0 Å². The Hall–Kier alpha value is -1.74. The summed E-state index contributed by atoms with van der Waals surface area (Å²) in [6.07, 6.45) is 2.35. The molecule has 1 heterocycles. The molecule has 0 aliphatic heterocycles. The molecule has 0 atom stereocenters. The third kappa shape index (κ3) is 3.14. The molecule has 0 saturated carbocycles. The summed E-state index contributed by atoms with van der Waals surface area (Å²) >= 11 is 0. The molecular formula is C7H10N4O4S. The van der Waals surface area contributed by atoms with E-state index in [-0.39, 0.29) is 12.4 Å². The van der Waals surface area contributed by atoms with E-state index in [1.165, 1.54) is 6.20 Å². The molecule has 16 heavy (non-hydrogen) atoms. The molecule has 3 N–H and O–H groups in total. The predicted molar refractivity (Wildman–Crippen MR) is 55.2 cm³/mol. The largest absolute Gasteiger partial charge is 0.476 e. The zero-order chi connectivity index (χ0) is 12.2. The normalized spacial score (nSPS) is 11.1. The van der Waals surface area contributed by atoms with Gasteiger partial charge in [0.2, 0.25) is 0 Å². The molecule has 0 bridgehead atoms. The maximum absolute atomic E-state index is 11.3. The highest BCUT2D eigenvalue weighted by molar-refractivity contribution is 7.90. The van der Waals surface area contributed by atoms with Crippen LogP contribution < -0.4 is 9.44 Å². The minimum atomic E-state index is -3.81. The second-order valence-corrected chi connectivity index (χ2v) is 4.16. The van der Waals surface area contributed by atoms with Crippen LogP contribution in [0, 0.1) is 0 Å². The summed E-state index contributed by atoms with van der Waals surface area (Å²) in [7, 11) is -3.81. The van der Waals surface area contributed by atoms with Gasteiger partial charge in [-0.2, -0.15) is 13.1 Å². The van der Waals surface area contributed by atoms with E-state index < -0.39 is 21.9 Å². The molecule has 1 rings (SSSR count). The van der Waals surface area contributed by atoms with E-state index in [1.54, 1.807) is 6.92 Å². The molecule has 8 nitrogen and oxygen atoms in total. The SMILES string of the molecule is CCNS(=O)(=O)Nc1nccnc1C(=O)O. The molecule has 0 aromatic carbocycles. The number of hydrogen-bond acceptors (Lipinski definition) is 5. The van der Waals surface area contributed by atoms with Crippen LogP contribution in [0.2, 0.25) is 0 Å². The lowest BCUT2D eigenvalue weighted by Gasteiger charge is -2.07. The quantitative estimate of drug-likeness (QED) is 0.640. The zero-order valence-corrected chi connectivity index (χ0v) is 9.15. The summed E-state index contributed by atoms with van der Waals surface area (Å²) < 4.78 is 26.7. The highest BCUT2D eigenvalue weighted by Gasteiger charge is 2.17. The number of carbonyl (C=O) groups is 1. The number of aromatic carboxylic acids is 1. The van der Waals surface area contributed by atoms with Gasteiger partial charge in [-0.15, -0.1) is 0 Å². The second-order valence-electron chi connectivity index (χ2n) is 2.66. The van der Waals surface area contributed by atoms with Crippen molar-refractivity contribution in [2.24, 2.45) is 0 Å². The van der Waals surface area contributed by atoms with Gasteiger partial charge in [0.1, 0.15) is 0 Å². The first-order valence-electron chi connectivity index (χ1n) is 4.28. The van der Waals surface area contributed by atoms with Gasteiger partial charge in [-0.3, -0.25) is 4.72 Å². The predicted octanol–water partition coefficient (Wildman–Crippen LogP) is -0.559. The average Bonchev–Trinajstić information content (AvgIpc) is 2.17. The van der Waals surface area contributed by atoms with Crippen molar-refractivity contribution in [1.82, 2.24) is 14.7 Å². The van der Waals surface area contributed by atoms with Crippen LogP contribution in [-0.4, -0.2) is 36.0 Å². The van der Waals surface area contributed by atoms with E-state index in [0.717, 1.165) is 6.20 Å². The monoisotopic (exact) mass is 246 g/mol. The van der Waals surface area contributed by atoms with Gasteiger partial charge in [0, 0.05) is 18.9 Å². The van der Waals surface area contributed by atoms with Gasteiger partial charge < -0.3 is 5.11 Å². The van der Waals surface area contributed by atoms with Crippen LogP contribution in [-0.2, 0) is 10.2 Å². The van der Waals surface area contributed by atoms with Crippen LogP contribution >= 0.6 is 0 Å². The van der Waals surface area contributed by atoms with Crippen LogP contribution in [0.25, 0.3) is 0 Å². The summed E-state index contributed by atoms with van der Waals surface area (Å²) in [6, 6.07) is 0. The highest BCUT2D eigenvalue weighted by atomic mass is 32.2. The Morgan fingerprint density at radius 3 is 2.62 bits per heavy atom. The van der Waals surface area contributed by atoms with E-state index in [1.807, 2.05) is 4.72 Å². The lowest BCUT2D eigenvalue weighted by molar-refractivity contribution is 0.0691. The van der Waals surface area contributed by atoms with Crippen molar-refractivity contribution in [3.8, 4) is 0 Å². The number of carboxylic acids is 1. The van der Waals surface area contributed by atoms with Crippen molar-refractivity contribution < 1.29 is 18.3 Å². The van der Waals surface area contributed by atoms with E-state index in [4.69, 9.17) is 5.11 Å². The minimum absolute atomic E-state index is 0.179. The number of nitrogens with zero attached hydrogens (tertiary/aromatic N) is 2. The molecular weight excluding hydrogens is 236 g/mol. The molecule has 0 spiro atoms. The first-order valence-corrected chi connectivity index (χ1v) is 5.76. The molecule has 88 valence electrons. The van der Waals surface area contributed by atoms with Gasteiger partial charge in [-0.05, 0) is 0 Å². The number of carboxylic acid groups (broad SMARTS) is 1. The Balaban J connectivity index is 3.02.